The lowest BCUT2D eigenvalue weighted by atomic mass is 10.0. The van der Waals surface area contributed by atoms with Gasteiger partial charge in [0.05, 0.1) is 14.2 Å². The van der Waals surface area contributed by atoms with E-state index in [2.05, 4.69) is 4.98 Å². The van der Waals surface area contributed by atoms with E-state index in [-0.39, 0.29) is 24.4 Å². The molecule has 0 unspecified atom stereocenters. The highest BCUT2D eigenvalue weighted by Gasteiger charge is 2.13. The summed E-state index contributed by atoms with van der Waals surface area (Å²) >= 11 is 0. The molecular formula is C17H17NO4. The van der Waals surface area contributed by atoms with Crippen LogP contribution in [0.4, 0.5) is 0 Å². The van der Waals surface area contributed by atoms with Crippen molar-refractivity contribution in [2.24, 2.45) is 0 Å². The number of methoxy groups -OCH3 is 2. The Labute approximate surface area is 128 Å². The second-order valence-electron chi connectivity index (χ2n) is 4.66. The van der Waals surface area contributed by atoms with Crippen LogP contribution in [0.1, 0.15) is 33.6 Å². The van der Waals surface area contributed by atoms with Crippen molar-refractivity contribution in [3.8, 4) is 11.5 Å². The monoisotopic (exact) mass is 299 g/mol. The zero-order chi connectivity index (χ0) is 15.9. The Bertz CT molecular complexity index is 668. The summed E-state index contributed by atoms with van der Waals surface area (Å²) < 4.78 is 10.3. The number of ketones is 2. The minimum absolute atomic E-state index is 0.0954. The van der Waals surface area contributed by atoms with Gasteiger partial charge in [-0.2, -0.15) is 0 Å². The number of hydrogen-bond donors (Lipinski definition) is 0. The lowest BCUT2D eigenvalue weighted by Crippen LogP contribution is -2.06. The van der Waals surface area contributed by atoms with Crippen molar-refractivity contribution in [2.45, 2.75) is 12.8 Å². The molecule has 0 fully saturated rings. The molecule has 22 heavy (non-hydrogen) atoms. The molecule has 0 amide bonds. The highest BCUT2D eigenvalue weighted by molar-refractivity contribution is 6.02. The van der Waals surface area contributed by atoms with Crippen LogP contribution < -0.4 is 9.47 Å². The van der Waals surface area contributed by atoms with Crippen LogP contribution in [0, 0.1) is 0 Å². The summed E-state index contributed by atoms with van der Waals surface area (Å²) in [7, 11) is 3.05. The van der Waals surface area contributed by atoms with Crippen molar-refractivity contribution < 1.29 is 19.1 Å². The van der Waals surface area contributed by atoms with Crippen LogP contribution in [-0.4, -0.2) is 30.8 Å². The Morgan fingerprint density at radius 1 is 0.955 bits per heavy atom. The van der Waals surface area contributed by atoms with E-state index in [0.29, 0.717) is 22.6 Å². The van der Waals surface area contributed by atoms with Gasteiger partial charge in [-0.3, -0.25) is 14.6 Å². The van der Waals surface area contributed by atoms with Crippen LogP contribution in [0.2, 0.25) is 0 Å². The molecule has 0 aliphatic heterocycles. The van der Waals surface area contributed by atoms with Gasteiger partial charge in [-0.05, 0) is 30.3 Å². The predicted molar refractivity (Wildman–Crippen MR) is 81.7 cm³/mol. The highest BCUT2D eigenvalue weighted by atomic mass is 16.5. The van der Waals surface area contributed by atoms with Crippen LogP contribution in [0.25, 0.3) is 0 Å². The number of rotatable bonds is 7. The minimum atomic E-state index is -0.113. The molecule has 0 aliphatic carbocycles. The topological polar surface area (TPSA) is 65.5 Å². The number of carbonyl (C=O) groups is 2. The zero-order valence-electron chi connectivity index (χ0n) is 12.5. The van der Waals surface area contributed by atoms with Crippen molar-refractivity contribution in [3.63, 3.8) is 0 Å². The van der Waals surface area contributed by atoms with Crippen LogP contribution in [0.5, 0.6) is 11.5 Å². The Hall–Kier alpha value is -2.69. The van der Waals surface area contributed by atoms with Crippen molar-refractivity contribution in [3.05, 3.63) is 53.9 Å². The van der Waals surface area contributed by atoms with Crippen LogP contribution in [-0.2, 0) is 0 Å². The van der Waals surface area contributed by atoms with E-state index in [1.54, 1.807) is 36.5 Å². The normalized spacial score (nSPS) is 10.1. The van der Waals surface area contributed by atoms with E-state index < -0.39 is 0 Å². The average Bonchev–Trinajstić information content (AvgIpc) is 2.59. The van der Waals surface area contributed by atoms with Crippen molar-refractivity contribution in [1.29, 1.82) is 0 Å². The maximum absolute atomic E-state index is 12.2. The molecular weight excluding hydrogens is 282 g/mol. The third-order valence-electron chi connectivity index (χ3n) is 3.27. The molecule has 2 rings (SSSR count). The van der Waals surface area contributed by atoms with Gasteiger partial charge in [-0.25, -0.2) is 0 Å². The molecule has 5 nitrogen and oxygen atoms in total. The second kappa shape index (κ2) is 7.36. The molecule has 1 aromatic heterocycles. The first-order valence-corrected chi connectivity index (χ1v) is 6.84. The fourth-order valence-electron chi connectivity index (χ4n) is 2.05. The van der Waals surface area contributed by atoms with Crippen LogP contribution in [0.3, 0.4) is 0 Å². The van der Waals surface area contributed by atoms with Gasteiger partial charge in [0, 0.05) is 36.4 Å². The number of hydrogen-bond acceptors (Lipinski definition) is 5. The highest BCUT2D eigenvalue weighted by Crippen LogP contribution is 2.28. The minimum Gasteiger partial charge on any atom is -0.493 e. The average molecular weight is 299 g/mol. The fraction of sp³-hybridized carbons (Fsp3) is 0.235. The predicted octanol–water partition coefficient (Wildman–Crippen LogP) is 2.94. The Morgan fingerprint density at radius 2 is 1.64 bits per heavy atom. The van der Waals surface area contributed by atoms with Gasteiger partial charge in [0.15, 0.2) is 23.1 Å². The van der Waals surface area contributed by atoms with Gasteiger partial charge in [-0.15, -0.1) is 0 Å². The van der Waals surface area contributed by atoms with E-state index in [4.69, 9.17) is 9.47 Å². The molecule has 0 bridgehead atoms. The van der Waals surface area contributed by atoms with Crippen LogP contribution >= 0.6 is 0 Å². The Balaban J connectivity index is 2.02. The van der Waals surface area contributed by atoms with Crippen molar-refractivity contribution >= 4 is 11.6 Å². The van der Waals surface area contributed by atoms with Gasteiger partial charge in [0.1, 0.15) is 0 Å². The molecule has 0 N–H and O–H groups in total. The summed E-state index contributed by atoms with van der Waals surface area (Å²) in [5, 5.41) is 0. The van der Waals surface area contributed by atoms with Crippen molar-refractivity contribution in [2.75, 3.05) is 14.2 Å². The summed E-state index contributed by atoms with van der Waals surface area (Å²) in [5.41, 5.74) is 1.01. The first kappa shape index (κ1) is 15.7. The first-order chi connectivity index (χ1) is 10.7. The molecule has 0 radical (unpaired) electrons. The quantitative estimate of drug-likeness (QED) is 0.735. The van der Waals surface area contributed by atoms with Gasteiger partial charge < -0.3 is 9.47 Å². The molecule has 0 atom stereocenters. The van der Waals surface area contributed by atoms with Gasteiger partial charge in [-0.1, -0.05) is 0 Å². The number of aromatic nitrogens is 1. The molecule has 0 spiro atoms. The molecule has 2 aromatic rings. The van der Waals surface area contributed by atoms with E-state index in [1.807, 2.05) is 0 Å². The Kier molecular flexibility index (Phi) is 5.25. The molecule has 0 saturated heterocycles. The van der Waals surface area contributed by atoms with E-state index in [9.17, 15) is 9.59 Å². The second-order valence-corrected chi connectivity index (χ2v) is 4.66. The lowest BCUT2D eigenvalue weighted by Gasteiger charge is -2.09. The summed E-state index contributed by atoms with van der Waals surface area (Å²) in [6, 6.07) is 8.35. The summed E-state index contributed by atoms with van der Waals surface area (Å²) in [6.45, 7) is 0. The van der Waals surface area contributed by atoms with E-state index in [0.717, 1.165) is 0 Å². The molecule has 0 saturated carbocycles. The molecule has 0 aliphatic rings. The third kappa shape index (κ3) is 3.69. The molecule has 1 heterocycles. The van der Waals surface area contributed by atoms with E-state index in [1.165, 1.54) is 20.4 Å². The summed E-state index contributed by atoms with van der Waals surface area (Å²) in [5.74, 6) is 0.845. The number of carbonyl (C=O) groups excluding carboxylic acids is 2. The lowest BCUT2D eigenvalue weighted by molar-refractivity contribution is 0.0917. The zero-order valence-corrected chi connectivity index (χ0v) is 12.5. The molecule has 5 heteroatoms. The first-order valence-electron chi connectivity index (χ1n) is 6.84. The van der Waals surface area contributed by atoms with E-state index >= 15 is 0 Å². The largest absolute Gasteiger partial charge is 0.493 e. The number of Topliss-reactive ketones (excluding diaryl/α,β-unsaturated/α-hetero) is 2. The maximum atomic E-state index is 12.2. The Morgan fingerprint density at radius 3 is 2.23 bits per heavy atom. The summed E-state index contributed by atoms with van der Waals surface area (Å²) in [6.07, 6.45) is 3.40. The fourth-order valence-corrected chi connectivity index (χ4v) is 2.05. The van der Waals surface area contributed by atoms with Gasteiger partial charge >= 0.3 is 0 Å². The number of pyridine rings is 1. The van der Waals surface area contributed by atoms with Crippen LogP contribution in [0.15, 0.2) is 42.7 Å². The summed E-state index contributed by atoms with van der Waals surface area (Å²) in [4.78, 5) is 28.0. The van der Waals surface area contributed by atoms with Gasteiger partial charge in [0.25, 0.3) is 0 Å². The van der Waals surface area contributed by atoms with Gasteiger partial charge in [0.2, 0.25) is 0 Å². The molecule has 1 aromatic carbocycles. The number of benzene rings is 1. The SMILES string of the molecule is COc1ccc(C(=O)CCC(=O)c2cccnc2)cc1OC. The number of nitrogens with zero attached hydrogens (tertiary/aromatic N) is 1. The number of ether oxygens (including phenoxy) is 2. The standard InChI is InChI=1S/C17H17NO4/c1-21-16-8-5-12(10-17(16)22-2)14(19)6-7-15(20)13-4-3-9-18-11-13/h3-5,8-11H,6-7H2,1-2H3. The molecule has 114 valence electrons. The third-order valence-corrected chi connectivity index (χ3v) is 3.27. The maximum Gasteiger partial charge on any atom is 0.164 e. The smallest absolute Gasteiger partial charge is 0.164 e. The van der Waals surface area contributed by atoms with Crippen molar-refractivity contribution in [1.82, 2.24) is 4.98 Å².